The van der Waals surface area contributed by atoms with Gasteiger partial charge in [0, 0.05) is 42.0 Å². The van der Waals surface area contributed by atoms with Gasteiger partial charge in [0.05, 0.1) is 31.9 Å². The van der Waals surface area contributed by atoms with E-state index in [1.54, 1.807) is 25.2 Å². The second-order valence-electron chi connectivity index (χ2n) is 8.90. The molecule has 10 heteroatoms. The summed E-state index contributed by atoms with van der Waals surface area (Å²) in [5.41, 5.74) is 2.50. The number of ether oxygens (including phenoxy) is 3. The number of hydrogen-bond donors (Lipinski definition) is 4. The lowest BCUT2D eigenvalue weighted by Gasteiger charge is -2.14. The van der Waals surface area contributed by atoms with Crippen molar-refractivity contribution in [2.45, 2.75) is 12.0 Å². The SMILES string of the molecule is CNC(=O)c1cc(C(=O)N[C@H]2[C@@H]3COC[C@@H]32)cc2c1OCC2c1ccc(OCCNC(=O)O)cc1. The van der Waals surface area contributed by atoms with Crippen LogP contribution < -0.4 is 25.4 Å². The minimum absolute atomic E-state index is 0.123. The van der Waals surface area contributed by atoms with Crippen LogP contribution in [0.2, 0.25) is 0 Å². The molecule has 2 heterocycles. The van der Waals surface area contributed by atoms with E-state index >= 15 is 0 Å². The van der Waals surface area contributed by atoms with Gasteiger partial charge in [0.25, 0.3) is 11.8 Å². The average molecular weight is 482 g/mol. The Morgan fingerprint density at radius 3 is 2.49 bits per heavy atom. The van der Waals surface area contributed by atoms with E-state index in [9.17, 15) is 14.4 Å². The van der Waals surface area contributed by atoms with Gasteiger partial charge in [0.2, 0.25) is 0 Å². The number of benzene rings is 2. The second-order valence-corrected chi connectivity index (χ2v) is 8.90. The van der Waals surface area contributed by atoms with E-state index in [0.717, 1.165) is 11.1 Å². The van der Waals surface area contributed by atoms with Crippen molar-refractivity contribution < 1.29 is 33.7 Å². The monoisotopic (exact) mass is 481 g/mol. The second kappa shape index (κ2) is 9.46. The first kappa shape index (κ1) is 23.0. The predicted molar refractivity (Wildman–Crippen MR) is 124 cm³/mol. The van der Waals surface area contributed by atoms with Crippen LogP contribution >= 0.6 is 0 Å². The zero-order valence-corrected chi connectivity index (χ0v) is 19.2. The molecule has 0 bridgehead atoms. The summed E-state index contributed by atoms with van der Waals surface area (Å²) in [6, 6.07) is 10.9. The van der Waals surface area contributed by atoms with Crippen LogP contribution in [0.5, 0.6) is 11.5 Å². The molecule has 0 radical (unpaired) electrons. The Hall–Kier alpha value is -3.79. The first-order valence-corrected chi connectivity index (χ1v) is 11.6. The van der Waals surface area contributed by atoms with Crippen molar-refractivity contribution in [1.82, 2.24) is 16.0 Å². The van der Waals surface area contributed by atoms with Gasteiger partial charge in [-0.1, -0.05) is 12.1 Å². The zero-order chi connectivity index (χ0) is 24.5. The van der Waals surface area contributed by atoms with Crippen LogP contribution in [0.1, 0.15) is 37.8 Å². The molecular formula is C25H27N3O7. The third-order valence-corrected chi connectivity index (χ3v) is 6.80. The number of amides is 3. The van der Waals surface area contributed by atoms with Gasteiger partial charge in [-0.3, -0.25) is 9.59 Å². The molecule has 1 aliphatic carbocycles. The van der Waals surface area contributed by atoms with Crippen molar-refractivity contribution in [3.05, 3.63) is 58.7 Å². The molecule has 2 aliphatic heterocycles. The van der Waals surface area contributed by atoms with E-state index in [4.69, 9.17) is 19.3 Å². The number of carboxylic acid groups (broad SMARTS) is 1. The third-order valence-electron chi connectivity index (χ3n) is 6.80. The number of hydrogen-bond acceptors (Lipinski definition) is 6. The lowest BCUT2D eigenvalue weighted by Crippen LogP contribution is -2.30. The van der Waals surface area contributed by atoms with Crippen LogP contribution in [0.15, 0.2) is 36.4 Å². The van der Waals surface area contributed by atoms with Crippen LogP contribution in [-0.2, 0) is 4.74 Å². The fraction of sp³-hybridized carbons (Fsp3) is 0.400. The average Bonchev–Trinajstić information content (AvgIpc) is 3.22. The quantitative estimate of drug-likeness (QED) is 0.421. The summed E-state index contributed by atoms with van der Waals surface area (Å²) in [5.74, 6) is 1.18. The fourth-order valence-electron chi connectivity index (χ4n) is 4.85. The first-order valence-electron chi connectivity index (χ1n) is 11.6. The normalized spacial score (nSPS) is 23.5. The van der Waals surface area contributed by atoms with Crippen molar-refractivity contribution in [2.75, 3.05) is 40.0 Å². The van der Waals surface area contributed by atoms with E-state index in [0.29, 0.717) is 54.3 Å². The molecule has 10 nitrogen and oxygen atoms in total. The minimum atomic E-state index is -1.10. The van der Waals surface area contributed by atoms with Crippen LogP contribution in [0, 0.1) is 11.8 Å². The molecule has 184 valence electrons. The summed E-state index contributed by atoms with van der Waals surface area (Å²) >= 11 is 0. The third kappa shape index (κ3) is 4.61. The van der Waals surface area contributed by atoms with Gasteiger partial charge in [-0.2, -0.15) is 0 Å². The van der Waals surface area contributed by atoms with Gasteiger partial charge in [0.1, 0.15) is 18.1 Å². The Morgan fingerprint density at radius 2 is 1.80 bits per heavy atom. The topological polar surface area (TPSA) is 135 Å². The highest BCUT2D eigenvalue weighted by molar-refractivity contribution is 6.02. The molecule has 2 fully saturated rings. The minimum Gasteiger partial charge on any atom is -0.492 e. The molecule has 1 saturated carbocycles. The highest BCUT2D eigenvalue weighted by Gasteiger charge is 2.54. The van der Waals surface area contributed by atoms with E-state index < -0.39 is 6.09 Å². The van der Waals surface area contributed by atoms with Gasteiger partial charge in [-0.05, 0) is 29.8 Å². The number of fused-ring (bicyclic) bond motifs is 2. The smallest absolute Gasteiger partial charge is 0.404 e. The maximum Gasteiger partial charge on any atom is 0.404 e. The molecular weight excluding hydrogens is 454 g/mol. The lowest BCUT2D eigenvalue weighted by atomic mass is 9.90. The summed E-state index contributed by atoms with van der Waals surface area (Å²) in [7, 11) is 1.55. The van der Waals surface area contributed by atoms with Crippen LogP contribution in [0.25, 0.3) is 0 Å². The Balaban J connectivity index is 1.35. The van der Waals surface area contributed by atoms with Gasteiger partial charge in [0.15, 0.2) is 0 Å². The van der Waals surface area contributed by atoms with Gasteiger partial charge < -0.3 is 35.3 Å². The summed E-state index contributed by atoms with van der Waals surface area (Å²) in [5, 5.41) is 16.6. The molecule has 3 aliphatic rings. The van der Waals surface area contributed by atoms with Gasteiger partial charge in [-0.25, -0.2) is 4.79 Å². The highest BCUT2D eigenvalue weighted by Crippen LogP contribution is 2.45. The Labute approximate surface area is 201 Å². The van der Waals surface area contributed by atoms with E-state index in [1.165, 1.54) is 0 Å². The van der Waals surface area contributed by atoms with E-state index in [1.807, 2.05) is 18.2 Å². The van der Waals surface area contributed by atoms with Gasteiger partial charge in [-0.15, -0.1) is 0 Å². The Morgan fingerprint density at radius 1 is 1.06 bits per heavy atom. The van der Waals surface area contributed by atoms with Crippen molar-refractivity contribution in [1.29, 1.82) is 0 Å². The van der Waals surface area contributed by atoms with E-state index in [2.05, 4.69) is 16.0 Å². The molecule has 1 saturated heterocycles. The fourth-order valence-corrected chi connectivity index (χ4v) is 4.85. The van der Waals surface area contributed by atoms with Crippen LogP contribution in [0.3, 0.4) is 0 Å². The maximum absolute atomic E-state index is 13.1. The van der Waals surface area contributed by atoms with Crippen molar-refractivity contribution in [3.8, 4) is 11.5 Å². The van der Waals surface area contributed by atoms with Crippen LogP contribution in [0.4, 0.5) is 4.79 Å². The Bertz CT molecular complexity index is 1140. The van der Waals surface area contributed by atoms with Crippen molar-refractivity contribution in [3.63, 3.8) is 0 Å². The summed E-state index contributed by atoms with van der Waals surface area (Å²) in [4.78, 5) is 36.2. The van der Waals surface area contributed by atoms with Crippen molar-refractivity contribution in [2.24, 2.45) is 11.8 Å². The summed E-state index contributed by atoms with van der Waals surface area (Å²) < 4.78 is 16.9. The first-order chi connectivity index (χ1) is 17.0. The van der Waals surface area contributed by atoms with Gasteiger partial charge >= 0.3 is 6.09 Å². The Kier molecular flexibility index (Phi) is 6.21. The predicted octanol–water partition coefficient (Wildman–Crippen LogP) is 1.59. The molecule has 35 heavy (non-hydrogen) atoms. The number of rotatable bonds is 8. The zero-order valence-electron chi connectivity index (χ0n) is 19.2. The molecule has 0 spiro atoms. The largest absolute Gasteiger partial charge is 0.492 e. The molecule has 3 amide bonds. The van der Waals surface area contributed by atoms with E-state index in [-0.39, 0.29) is 36.9 Å². The summed E-state index contributed by atoms with van der Waals surface area (Å²) in [6.45, 7) is 2.09. The molecule has 4 N–H and O–H groups in total. The standard InChI is InChI=1S/C25H27N3O7/c1-26-24(30)17-9-14(23(29)28-21-19-10-33-11-20(19)21)8-16-18(12-35-22(16)17)13-2-4-15(5-3-13)34-7-6-27-25(31)32/h2-5,8-9,18-21,27H,6-7,10-12H2,1H3,(H,26,30)(H,28,29)(H,31,32)/t18?,19-,20+,21+. The lowest BCUT2D eigenvalue weighted by molar-refractivity contribution is 0.0928. The molecule has 2 aromatic rings. The van der Waals surface area contributed by atoms with Crippen LogP contribution in [-0.4, -0.2) is 69.1 Å². The molecule has 4 atom stereocenters. The number of nitrogens with one attached hydrogen (secondary N) is 3. The number of carbonyl (C=O) groups excluding carboxylic acids is 2. The molecule has 0 aromatic heterocycles. The molecule has 2 aromatic carbocycles. The van der Waals surface area contributed by atoms with Crippen molar-refractivity contribution >= 4 is 17.9 Å². The highest BCUT2D eigenvalue weighted by atomic mass is 16.5. The number of carbonyl (C=O) groups is 3. The summed E-state index contributed by atoms with van der Waals surface area (Å²) in [6.07, 6.45) is -1.10. The molecule has 1 unspecified atom stereocenters. The molecule has 5 rings (SSSR count). The maximum atomic E-state index is 13.1.